The molecular weight excluding hydrogens is 839 g/mol. The highest BCUT2D eigenvalue weighted by Gasteiger charge is 2.66. The Morgan fingerprint density at radius 1 is 0.939 bits per heavy atom. The van der Waals surface area contributed by atoms with Crippen LogP contribution in [0, 0.1) is 23.7 Å². The number of aliphatic hydroxyl groups is 2. The minimum Gasteiger partial charge on any atom is -0.497 e. The van der Waals surface area contributed by atoms with Crippen molar-refractivity contribution >= 4 is 34.2 Å². The van der Waals surface area contributed by atoms with Crippen LogP contribution in [0.15, 0.2) is 108 Å². The van der Waals surface area contributed by atoms with E-state index in [0.29, 0.717) is 61.1 Å². The van der Waals surface area contributed by atoms with Gasteiger partial charge in [0.05, 0.1) is 38.1 Å². The van der Waals surface area contributed by atoms with E-state index in [2.05, 4.69) is 42.2 Å². The van der Waals surface area contributed by atoms with Gasteiger partial charge in [0, 0.05) is 49.6 Å². The van der Waals surface area contributed by atoms with Crippen LogP contribution in [-0.2, 0) is 20.9 Å². The van der Waals surface area contributed by atoms with E-state index in [-0.39, 0.29) is 49.4 Å². The number of oxime groups is 1. The van der Waals surface area contributed by atoms with E-state index in [9.17, 15) is 15.0 Å². The monoisotopic (exact) mass is 901 g/mol. The standard InChI is InChI=1S/C53H63N3O10/c1-5-28-63-53-48(56(51(59)35-20-21-35)33-37-17-13-16-34-14-7-8-18-40(34)37)32-45(55-64-6-2)42-29-36(15-9-11-26-57)41(19-10-12-27-58)49(50(42)53)43-30-39(23-25-46(43)66-53)65-52(60)54-44-24-22-38(61-3)31-47(44)62-4/h5,7-8,13-14,16-18,22-25,29-31,35-36,41,48-50,57-58H,1,6,9-12,15,19-21,26-28,32-33H2,2-4H3,(H,54,60). The van der Waals surface area contributed by atoms with E-state index in [0.717, 1.165) is 71.7 Å². The summed E-state index contributed by atoms with van der Waals surface area (Å²) >= 11 is 0. The summed E-state index contributed by atoms with van der Waals surface area (Å²) in [6, 6.07) is 24.3. The second-order valence-corrected chi connectivity index (χ2v) is 17.6. The van der Waals surface area contributed by atoms with E-state index < -0.39 is 23.8 Å². The third kappa shape index (κ3) is 9.65. The summed E-state index contributed by atoms with van der Waals surface area (Å²) in [5, 5.41) is 29.8. The molecule has 4 aromatic carbocycles. The van der Waals surface area contributed by atoms with Crippen molar-refractivity contribution in [2.75, 3.05) is 46.0 Å². The van der Waals surface area contributed by atoms with Gasteiger partial charge < -0.3 is 43.6 Å². The van der Waals surface area contributed by atoms with Gasteiger partial charge in [-0.25, -0.2) is 4.79 Å². The van der Waals surface area contributed by atoms with Gasteiger partial charge in [-0.05, 0) is 110 Å². The van der Waals surface area contributed by atoms with Crippen LogP contribution in [0.1, 0.15) is 81.8 Å². The molecule has 66 heavy (non-hydrogen) atoms. The predicted molar refractivity (Wildman–Crippen MR) is 253 cm³/mol. The molecule has 0 aromatic heterocycles. The topological polar surface area (TPSA) is 158 Å². The largest absolute Gasteiger partial charge is 0.497 e. The van der Waals surface area contributed by atoms with Crippen LogP contribution in [-0.4, -0.2) is 85.3 Å². The van der Waals surface area contributed by atoms with Crippen molar-refractivity contribution in [3.63, 3.8) is 0 Å². The first-order chi connectivity index (χ1) is 32.3. The third-order valence-corrected chi connectivity index (χ3v) is 13.6. The number of fused-ring (bicyclic) bond motifs is 3. The minimum absolute atomic E-state index is 0.0104. The van der Waals surface area contributed by atoms with Crippen LogP contribution < -0.4 is 24.3 Å². The van der Waals surface area contributed by atoms with Crippen molar-refractivity contribution in [2.45, 2.75) is 89.0 Å². The average Bonchev–Trinajstić information content (AvgIpc) is 4.19. The number of nitrogens with zero attached hydrogens (tertiary/aromatic N) is 2. The van der Waals surface area contributed by atoms with Crippen LogP contribution in [0.5, 0.6) is 23.0 Å². The molecule has 4 aliphatic rings. The molecule has 3 aliphatic carbocycles. The van der Waals surface area contributed by atoms with Crippen LogP contribution in [0.4, 0.5) is 10.5 Å². The molecule has 6 unspecified atom stereocenters. The van der Waals surface area contributed by atoms with Crippen molar-refractivity contribution in [3.05, 3.63) is 114 Å². The lowest BCUT2D eigenvalue weighted by atomic mass is 9.55. The number of benzene rings is 4. The highest BCUT2D eigenvalue weighted by Crippen LogP contribution is 2.62. The molecular formula is C53H63N3O10. The van der Waals surface area contributed by atoms with Gasteiger partial charge in [0.15, 0.2) is 0 Å². The fourth-order valence-electron chi connectivity index (χ4n) is 10.5. The molecule has 4 aromatic rings. The first-order valence-electron chi connectivity index (χ1n) is 23.5. The average molecular weight is 902 g/mol. The van der Waals surface area contributed by atoms with Crippen molar-refractivity contribution in [3.8, 4) is 23.0 Å². The number of carbonyl (C=O) groups excluding carboxylic acids is 2. The maximum Gasteiger partial charge on any atom is 0.417 e. The fraction of sp³-hybridized carbons (Fsp3) is 0.453. The minimum atomic E-state index is -1.42. The summed E-state index contributed by atoms with van der Waals surface area (Å²) in [5.74, 6) is -0.426. The van der Waals surface area contributed by atoms with Crippen molar-refractivity contribution in [2.24, 2.45) is 28.8 Å². The fourth-order valence-corrected chi connectivity index (χ4v) is 10.5. The van der Waals surface area contributed by atoms with Gasteiger partial charge in [0.1, 0.15) is 35.6 Å². The zero-order valence-electron chi connectivity index (χ0n) is 38.3. The van der Waals surface area contributed by atoms with E-state index in [1.54, 1.807) is 37.5 Å². The maximum absolute atomic E-state index is 15.0. The van der Waals surface area contributed by atoms with E-state index in [4.69, 9.17) is 33.7 Å². The Labute approximate surface area is 387 Å². The number of allylic oxidation sites excluding steroid dienone is 1. The van der Waals surface area contributed by atoms with E-state index in [1.165, 1.54) is 7.11 Å². The Hall–Kier alpha value is -5.89. The number of aliphatic hydroxyl groups excluding tert-OH is 2. The SMILES string of the molecule is C=CCOC12Oc3ccc(OC(=O)Nc4ccc(OC)cc4OC)cc3C3C(CCCCO)C(CCCCO)C=C(C(=NOCC)CC1N(Cc1cccc4ccccc14)C(=O)C1CC1)C32. The molecule has 2 amide bonds. The molecule has 2 fully saturated rings. The first kappa shape index (κ1) is 46.6. The molecule has 13 heteroatoms. The van der Waals surface area contributed by atoms with Crippen molar-refractivity contribution in [1.82, 2.24) is 4.90 Å². The van der Waals surface area contributed by atoms with Crippen molar-refractivity contribution < 1.29 is 48.3 Å². The quantitative estimate of drug-likeness (QED) is 0.0418. The molecule has 0 bridgehead atoms. The lowest BCUT2D eigenvalue weighted by Gasteiger charge is -2.60. The second-order valence-electron chi connectivity index (χ2n) is 17.6. The van der Waals surface area contributed by atoms with Crippen molar-refractivity contribution in [1.29, 1.82) is 0 Å². The van der Waals surface area contributed by atoms with Crippen LogP contribution in [0.25, 0.3) is 10.8 Å². The summed E-state index contributed by atoms with van der Waals surface area (Å²) in [4.78, 5) is 36.6. The van der Waals surface area contributed by atoms with E-state index in [1.807, 2.05) is 42.2 Å². The molecule has 350 valence electrons. The van der Waals surface area contributed by atoms with Gasteiger partial charge >= 0.3 is 6.09 Å². The first-order valence-corrected chi connectivity index (χ1v) is 23.5. The van der Waals surface area contributed by atoms with Gasteiger partial charge in [-0.1, -0.05) is 72.6 Å². The Balaban J connectivity index is 1.29. The summed E-state index contributed by atoms with van der Waals surface area (Å²) in [6.07, 6.45) is 9.66. The molecule has 1 aliphatic heterocycles. The van der Waals surface area contributed by atoms with Gasteiger partial charge in [-0.15, -0.1) is 6.58 Å². The molecule has 0 radical (unpaired) electrons. The third-order valence-electron chi connectivity index (χ3n) is 13.6. The highest BCUT2D eigenvalue weighted by molar-refractivity contribution is 6.03. The number of amides is 2. The molecule has 1 heterocycles. The maximum atomic E-state index is 15.0. The lowest BCUT2D eigenvalue weighted by molar-refractivity contribution is -0.258. The molecule has 13 nitrogen and oxygen atoms in total. The predicted octanol–water partition coefficient (Wildman–Crippen LogP) is 9.56. The lowest BCUT2D eigenvalue weighted by Crippen LogP contribution is -2.70. The number of anilines is 1. The van der Waals surface area contributed by atoms with Gasteiger partial charge in [0.25, 0.3) is 0 Å². The van der Waals surface area contributed by atoms with Gasteiger partial charge in [-0.3, -0.25) is 10.1 Å². The van der Waals surface area contributed by atoms with Gasteiger partial charge in [0.2, 0.25) is 11.7 Å². The summed E-state index contributed by atoms with van der Waals surface area (Å²) in [6.45, 7) is 6.94. The zero-order chi connectivity index (χ0) is 46.2. The number of nitrogens with one attached hydrogen (secondary N) is 1. The Kier molecular flexibility index (Phi) is 15.0. The second kappa shape index (κ2) is 21.2. The molecule has 8 rings (SSSR count). The Morgan fingerprint density at radius 3 is 2.45 bits per heavy atom. The molecule has 6 atom stereocenters. The summed E-state index contributed by atoms with van der Waals surface area (Å²) in [5.41, 5.74) is 3.93. The number of rotatable bonds is 21. The normalized spacial score (nSPS) is 23.4. The number of carbonyl (C=O) groups is 2. The summed E-state index contributed by atoms with van der Waals surface area (Å²) in [7, 11) is 3.07. The van der Waals surface area contributed by atoms with Gasteiger partial charge in [-0.2, -0.15) is 0 Å². The highest BCUT2D eigenvalue weighted by atomic mass is 16.7. The number of ether oxygens (including phenoxy) is 5. The van der Waals surface area contributed by atoms with Crippen LogP contribution in [0.2, 0.25) is 0 Å². The van der Waals surface area contributed by atoms with E-state index >= 15 is 4.79 Å². The number of hydrogen-bond donors (Lipinski definition) is 3. The number of methoxy groups -OCH3 is 2. The molecule has 0 saturated heterocycles. The number of unbranched alkanes of at least 4 members (excludes halogenated alkanes) is 2. The zero-order valence-corrected chi connectivity index (χ0v) is 38.3. The molecule has 0 spiro atoms. The summed E-state index contributed by atoms with van der Waals surface area (Å²) < 4.78 is 31.5. The Morgan fingerprint density at radius 2 is 1.71 bits per heavy atom. The van der Waals surface area contributed by atoms with Crippen LogP contribution >= 0.6 is 0 Å². The molecule has 3 N–H and O–H groups in total. The molecule has 2 saturated carbocycles. The Bertz CT molecular complexity index is 2430. The van der Waals surface area contributed by atoms with Crippen LogP contribution in [0.3, 0.4) is 0 Å². The smallest absolute Gasteiger partial charge is 0.417 e. The number of hydrogen-bond acceptors (Lipinski definition) is 11.